The number of alkyl halides is 1. The van der Waals surface area contributed by atoms with E-state index in [2.05, 4.69) is 10.1 Å². The highest BCUT2D eigenvalue weighted by Crippen LogP contribution is 2.21. The van der Waals surface area contributed by atoms with Gasteiger partial charge in [-0.2, -0.15) is 5.10 Å². The first-order valence-electron chi connectivity index (χ1n) is 4.54. The van der Waals surface area contributed by atoms with Gasteiger partial charge >= 0.3 is 0 Å². The minimum absolute atomic E-state index is 0.336. The molecule has 6 heteroatoms. The van der Waals surface area contributed by atoms with Crippen LogP contribution in [0.15, 0.2) is 18.5 Å². The summed E-state index contributed by atoms with van der Waals surface area (Å²) in [5.41, 5.74) is 1.57. The number of pyridine rings is 1. The predicted molar refractivity (Wildman–Crippen MR) is 65.7 cm³/mol. The molecule has 2 heterocycles. The van der Waals surface area contributed by atoms with Gasteiger partial charge in [-0.25, -0.2) is 9.67 Å². The third kappa shape index (κ3) is 2.17. The lowest BCUT2D eigenvalue weighted by molar-refractivity contribution is 0.830. The van der Waals surface area contributed by atoms with Crippen molar-refractivity contribution in [1.82, 2.24) is 14.8 Å². The third-order valence-corrected chi connectivity index (χ3v) is 3.14. The van der Waals surface area contributed by atoms with Gasteiger partial charge in [0.2, 0.25) is 0 Å². The van der Waals surface area contributed by atoms with E-state index in [-0.39, 0.29) is 0 Å². The van der Waals surface area contributed by atoms with E-state index in [1.54, 1.807) is 23.1 Å². The summed E-state index contributed by atoms with van der Waals surface area (Å²) in [6.07, 6.45) is 3.25. The van der Waals surface area contributed by atoms with Gasteiger partial charge in [-0.3, -0.25) is 0 Å². The SMILES string of the molecule is Cc1nn(-c2cc(CCl)c(Cl)cn2)cc1Cl. The quantitative estimate of drug-likeness (QED) is 0.784. The Bertz CT molecular complexity index is 503. The summed E-state index contributed by atoms with van der Waals surface area (Å²) in [6, 6.07) is 1.79. The fourth-order valence-corrected chi connectivity index (χ4v) is 1.84. The van der Waals surface area contributed by atoms with E-state index < -0.39 is 0 Å². The normalized spacial score (nSPS) is 10.8. The topological polar surface area (TPSA) is 30.7 Å². The summed E-state index contributed by atoms with van der Waals surface area (Å²) in [5, 5.41) is 5.37. The number of rotatable bonds is 2. The molecule has 2 aromatic rings. The summed E-state index contributed by atoms with van der Waals surface area (Å²) in [7, 11) is 0. The van der Waals surface area contributed by atoms with Crippen molar-refractivity contribution in [3.05, 3.63) is 39.8 Å². The minimum atomic E-state index is 0.336. The van der Waals surface area contributed by atoms with E-state index in [0.717, 1.165) is 11.3 Å². The van der Waals surface area contributed by atoms with Crippen LogP contribution in [-0.4, -0.2) is 14.8 Å². The molecule has 0 aliphatic carbocycles. The van der Waals surface area contributed by atoms with Crippen LogP contribution in [0.5, 0.6) is 0 Å². The van der Waals surface area contributed by atoms with E-state index in [1.807, 2.05) is 6.92 Å². The number of nitrogens with zero attached hydrogens (tertiary/aromatic N) is 3. The molecule has 0 atom stereocenters. The fourth-order valence-electron chi connectivity index (χ4n) is 1.25. The molecule has 0 aliphatic rings. The van der Waals surface area contributed by atoms with Crippen molar-refractivity contribution in [3.63, 3.8) is 0 Å². The Morgan fingerprint density at radius 2 is 2.06 bits per heavy atom. The monoisotopic (exact) mass is 275 g/mol. The Labute approximate surface area is 108 Å². The molecule has 0 unspecified atom stereocenters. The van der Waals surface area contributed by atoms with Gasteiger partial charge in [-0.1, -0.05) is 23.2 Å². The number of aryl methyl sites for hydroxylation is 1. The Morgan fingerprint density at radius 1 is 1.31 bits per heavy atom. The number of hydrogen-bond donors (Lipinski definition) is 0. The molecule has 0 saturated heterocycles. The van der Waals surface area contributed by atoms with Crippen molar-refractivity contribution in [3.8, 4) is 5.82 Å². The lowest BCUT2D eigenvalue weighted by atomic mass is 10.3. The first-order valence-corrected chi connectivity index (χ1v) is 5.83. The van der Waals surface area contributed by atoms with Gasteiger partial charge in [-0.15, -0.1) is 11.6 Å². The summed E-state index contributed by atoms with van der Waals surface area (Å²) in [4.78, 5) is 4.16. The Hall–Kier alpha value is -0.770. The number of halogens is 3. The van der Waals surface area contributed by atoms with Gasteiger partial charge < -0.3 is 0 Å². The number of hydrogen-bond acceptors (Lipinski definition) is 2. The van der Waals surface area contributed by atoms with Crippen molar-refractivity contribution < 1.29 is 0 Å². The zero-order valence-corrected chi connectivity index (χ0v) is 10.7. The molecule has 2 aromatic heterocycles. The number of aromatic nitrogens is 3. The van der Waals surface area contributed by atoms with Crippen LogP contribution in [0.25, 0.3) is 5.82 Å². The average Bonchev–Trinajstić information content (AvgIpc) is 2.60. The van der Waals surface area contributed by atoms with Crippen molar-refractivity contribution in [2.24, 2.45) is 0 Å². The summed E-state index contributed by atoms with van der Waals surface area (Å²) < 4.78 is 1.60. The molecular formula is C10H8Cl3N3. The van der Waals surface area contributed by atoms with E-state index in [9.17, 15) is 0 Å². The molecule has 0 spiro atoms. The Balaban J connectivity index is 2.48. The maximum absolute atomic E-state index is 5.92. The standard InChI is InChI=1S/C10H8Cl3N3/c1-6-9(13)5-16(15-6)10-2-7(3-11)8(12)4-14-10/h2,4-5H,3H2,1H3. The molecule has 0 saturated carbocycles. The van der Waals surface area contributed by atoms with Gasteiger partial charge in [0.05, 0.1) is 21.9 Å². The first-order chi connectivity index (χ1) is 7.61. The summed E-state index contributed by atoms with van der Waals surface area (Å²) >= 11 is 17.6. The van der Waals surface area contributed by atoms with Gasteiger partial charge in [0, 0.05) is 12.1 Å². The van der Waals surface area contributed by atoms with E-state index in [4.69, 9.17) is 34.8 Å². The van der Waals surface area contributed by atoms with Crippen LogP contribution >= 0.6 is 34.8 Å². The smallest absolute Gasteiger partial charge is 0.153 e. The highest BCUT2D eigenvalue weighted by molar-refractivity contribution is 6.32. The molecule has 0 aromatic carbocycles. The fraction of sp³-hybridized carbons (Fsp3) is 0.200. The van der Waals surface area contributed by atoms with Crippen LogP contribution < -0.4 is 0 Å². The molecule has 2 rings (SSSR count). The molecular weight excluding hydrogens is 268 g/mol. The van der Waals surface area contributed by atoms with Crippen LogP contribution in [0.1, 0.15) is 11.3 Å². The molecule has 16 heavy (non-hydrogen) atoms. The van der Waals surface area contributed by atoms with E-state index in [0.29, 0.717) is 21.7 Å². The van der Waals surface area contributed by atoms with Crippen molar-refractivity contribution in [1.29, 1.82) is 0 Å². The van der Waals surface area contributed by atoms with Gasteiger partial charge in [0.25, 0.3) is 0 Å². The largest absolute Gasteiger partial charge is 0.236 e. The second-order valence-corrected chi connectivity index (χ2v) is 4.36. The molecule has 0 bridgehead atoms. The summed E-state index contributed by atoms with van der Waals surface area (Å²) in [5.74, 6) is 0.984. The van der Waals surface area contributed by atoms with Gasteiger partial charge in [-0.05, 0) is 18.6 Å². The zero-order chi connectivity index (χ0) is 11.7. The van der Waals surface area contributed by atoms with E-state index in [1.165, 1.54) is 0 Å². The Kier molecular flexibility index (Phi) is 3.38. The highest BCUT2D eigenvalue weighted by atomic mass is 35.5. The molecule has 0 N–H and O–H groups in total. The highest BCUT2D eigenvalue weighted by Gasteiger charge is 2.07. The molecule has 84 valence electrons. The summed E-state index contributed by atoms with van der Waals surface area (Å²) in [6.45, 7) is 1.83. The van der Waals surface area contributed by atoms with Crippen LogP contribution in [0.3, 0.4) is 0 Å². The predicted octanol–water partition coefficient (Wildman–Crippen LogP) is 3.62. The molecule has 0 radical (unpaired) electrons. The second-order valence-electron chi connectivity index (χ2n) is 3.27. The van der Waals surface area contributed by atoms with Crippen LogP contribution in [0, 0.1) is 6.92 Å². The van der Waals surface area contributed by atoms with E-state index >= 15 is 0 Å². The van der Waals surface area contributed by atoms with Crippen LogP contribution in [0.4, 0.5) is 0 Å². The van der Waals surface area contributed by atoms with Crippen LogP contribution in [0.2, 0.25) is 10.0 Å². The van der Waals surface area contributed by atoms with Crippen LogP contribution in [-0.2, 0) is 5.88 Å². The van der Waals surface area contributed by atoms with Gasteiger partial charge in [0.15, 0.2) is 5.82 Å². The molecule has 0 aliphatic heterocycles. The zero-order valence-electron chi connectivity index (χ0n) is 8.41. The lowest BCUT2D eigenvalue weighted by Crippen LogP contribution is -1.99. The molecule has 0 amide bonds. The lowest BCUT2D eigenvalue weighted by Gasteiger charge is -2.03. The molecule has 3 nitrogen and oxygen atoms in total. The maximum atomic E-state index is 5.92. The van der Waals surface area contributed by atoms with Crippen molar-refractivity contribution in [2.45, 2.75) is 12.8 Å². The average molecular weight is 277 g/mol. The maximum Gasteiger partial charge on any atom is 0.153 e. The molecule has 0 fully saturated rings. The Morgan fingerprint density at radius 3 is 2.62 bits per heavy atom. The van der Waals surface area contributed by atoms with Crippen molar-refractivity contribution >= 4 is 34.8 Å². The second kappa shape index (κ2) is 4.62. The van der Waals surface area contributed by atoms with Gasteiger partial charge in [0.1, 0.15) is 0 Å². The third-order valence-electron chi connectivity index (χ3n) is 2.14. The minimum Gasteiger partial charge on any atom is -0.236 e. The first kappa shape index (κ1) is 11.7. The van der Waals surface area contributed by atoms with Crippen molar-refractivity contribution in [2.75, 3.05) is 0 Å².